The van der Waals surface area contributed by atoms with Crippen LogP contribution in [0.4, 0.5) is 0 Å². The maximum atomic E-state index is 12.3. The van der Waals surface area contributed by atoms with Crippen molar-refractivity contribution in [2.24, 2.45) is 0 Å². The minimum Gasteiger partial charge on any atom is -0.508 e. The highest BCUT2D eigenvalue weighted by molar-refractivity contribution is 7.20. The van der Waals surface area contributed by atoms with Crippen LogP contribution in [0, 0.1) is 0 Å². The Morgan fingerprint density at radius 2 is 1.85 bits per heavy atom. The quantitative estimate of drug-likeness (QED) is 0.504. The summed E-state index contributed by atoms with van der Waals surface area (Å²) >= 11 is 1.65. The summed E-state index contributed by atoms with van der Waals surface area (Å²) in [5, 5.41) is 23.3. The highest BCUT2D eigenvalue weighted by Crippen LogP contribution is 2.57. The van der Waals surface area contributed by atoms with E-state index in [1.807, 2.05) is 30.3 Å². The number of nitrogens with zero attached hydrogens (tertiary/aromatic N) is 1. The Kier molecular flexibility index (Phi) is 5.28. The van der Waals surface area contributed by atoms with E-state index in [0.29, 0.717) is 6.61 Å². The van der Waals surface area contributed by atoms with Gasteiger partial charge in [0.05, 0.1) is 0 Å². The Morgan fingerprint density at radius 1 is 1.03 bits per heavy atom. The largest absolute Gasteiger partial charge is 0.508 e. The van der Waals surface area contributed by atoms with Crippen molar-refractivity contribution in [1.29, 1.82) is 0 Å². The molecule has 4 nitrogen and oxygen atoms in total. The van der Waals surface area contributed by atoms with Gasteiger partial charge in [0, 0.05) is 27.1 Å². The first-order valence-electron chi connectivity index (χ1n) is 12.0. The Hall–Kier alpha value is -2.60. The van der Waals surface area contributed by atoms with Crippen LogP contribution in [0.1, 0.15) is 48.1 Å². The van der Waals surface area contributed by atoms with E-state index in [4.69, 9.17) is 4.74 Å². The van der Waals surface area contributed by atoms with Crippen LogP contribution in [0.25, 0.3) is 15.7 Å². The fourth-order valence-electron chi connectivity index (χ4n) is 5.62. The number of benzene rings is 2. The molecule has 1 aliphatic heterocycles. The van der Waals surface area contributed by atoms with E-state index in [-0.39, 0.29) is 5.75 Å². The zero-order chi connectivity index (χ0) is 22.4. The van der Waals surface area contributed by atoms with Gasteiger partial charge in [-0.05, 0) is 85.8 Å². The summed E-state index contributed by atoms with van der Waals surface area (Å²) in [4.78, 5) is 3.59. The summed E-state index contributed by atoms with van der Waals surface area (Å²) in [6, 6.07) is 13.4. The number of thiophene rings is 1. The molecule has 0 radical (unpaired) electrons. The van der Waals surface area contributed by atoms with Crippen LogP contribution in [0.5, 0.6) is 11.5 Å². The van der Waals surface area contributed by atoms with Crippen molar-refractivity contribution >= 4 is 27.0 Å². The molecule has 1 saturated heterocycles. The fourth-order valence-corrected chi connectivity index (χ4v) is 6.96. The van der Waals surface area contributed by atoms with Crippen LogP contribution < -0.4 is 4.74 Å². The maximum absolute atomic E-state index is 12.3. The predicted molar refractivity (Wildman–Crippen MR) is 134 cm³/mol. The predicted octanol–water partition coefficient (Wildman–Crippen LogP) is 5.82. The lowest BCUT2D eigenvalue weighted by Crippen LogP contribution is -2.33. The Balaban J connectivity index is 1.31. The molecule has 1 fully saturated rings. The number of rotatable bonds is 5. The molecule has 0 bridgehead atoms. The van der Waals surface area contributed by atoms with E-state index in [0.717, 1.165) is 62.4 Å². The summed E-state index contributed by atoms with van der Waals surface area (Å²) in [5.41, 5.74) is 2.90. The molecule has 0 saturated carbocycles. The maximum Gasteiger partial charge on any atom is 0.139 e. The van der Waals surface area contributed by atoms with Crippen LogP contribution in [-0.2, 0) is 5.60 Å². The van der Waals surface area contributed by atoms with Crippen LogP contribution in [0.3, 0.4) is 0 Å². The molecule has 2 heterocycles. The van der Waals surface area contributed by atoms with E-state index in [1.54, 1.807) is 23.5 Å². The first kappa shape index (κ1) is 21.0. The normalized spacial score (nSPS) is 22.6. The van der Waals surface area contributed by atoms with E-state index >= 15 is 0 Å². The summed E-state index contributed by atoms with van der Waals surface area (Å²) in [7, 11) is 0. The number of aromatic hydroxyl groups is 1. The van der Waals surface area contributed by atoms with E-state index in [9.17, 15) is 10.2 Å². The average molecular weight is 460 g/mol. The van der Waals surface area contributed by atoms with E-state index in [1.165, 1.54) is 32.4 Å². The van der Waals surface area contributed by atoms with Crippen LogP contribution in [0.15, 0.2) is 60.2 Å². The molecule has 6 rings (SSSR count). The lowest BCUT2D eigenvalue weighted by molar-refractivity contribution is 0.123. The Morgan fingerprint density at radius 3 is 2.67 bits per heavy atom. The molecule has 0 amide bonds. The highest BCUT2D eigenvalue weighted by atomic mass is 32.1. The summed E-state index contributed by atoms with van der Waals surface area (Å²) < 4.78 is 7.03. The minimum atomic E-state index is -1.16. The van der Waals surface area contributed by atoms with Gasteiger partial charge in [0.15, 0.2) is 0 Å². The van der Waals surface area contributed by atoms with Gasteiger partial charge in [-0.25, -0.2) is 0 Å². The van der Waals surface area contributed by atoms with Gasteiger partial charge in [-0.1, -0.05) is 30.7 Å². The monoisotopic (exact) mass is 459 g/mol. The van der Waals surface area contributed by atoms with Crippen molar-refractivity contribution in [1.82, 2.24) is 4.90 Å². The van der Waals surface area contributed by atoms with Gasteiger partial charge in [0.25, 0.3) is 0 Å². The van der Waals surface area contributed by atoms with E-state index in [2.05, 4.69) is 17.1 Å². The molecule has 33 heavy (non-hydrogen) atoms. The second kappa shape index (κ2) is 8.32. The molecule has 3 aromatic rings. The number of phenols is 1. The number of fused-ring (bicyclic) bond motifs is 4. The summed E-state index contributed by atoms with van der Waals surface area (Å²) in [6.07, 6.45) is 10.1. The molecule has 170 valence electrons. The number of phenolic OH excluding ortho intramolecular Hbond substituents is 1. The Bertz CT molecular complexity index is 1250. The van der Waals surface area contributed by atoms with Gasteiger partial charge in [-0.15, -0.1) is 11.3 Å². The number of piperidine rings is 1. The summed E-state index contributed by atoms with van der Waals surface area (Å²) in [6.45, 7) is 4.00. The molecule has 5 heteroatoms. The summed E-state index contributed by atoms with van der Waals surface area (Å²) in [5.74, 6) is 1.10. The standard InChI is InChI=1S/C28H29NO3S/c30-20-10-13-23-25(18-20)33-27-22-6-2-3-7-24(22)28(31,26(23)27)19-8-11-21(12-9-19)32-17-16-29-14-4-1-5-15-29/h2,6,8-13,18,30-31H,1,3-5,7,14-17H2. The van der Waals surface area contributed by atoms with Crippen LogP contribution >= 0.6 is 11.3 Å². The minimum absolute atomic E-state index is 0.255. The molecular formula is C28H29NO3S. The van der Waals surface area contributed by atoms with Crippen molar-refractivity contribution in [3.63, 3.8) is 0 Å². The number of allylic oxidation sites excluding steroid dienone is 3. The van der Waals surface area contributed by atoms with Gasteiger partial charge in [-0.2, -0.15) is 0 Å². The van der Waals surface area contributed by atoms with Gasteiger partial charge in [-0.3, -0.25) is 4.90 Å². The van der Waals surface area contributed by atoms with Crippen molar-refractivity contribution < 1.29 is 14.9 Å². The molecule has 2 N–H and O–H groups in total. The second-order valence-electron chi connectivity index (χ2n) is 9.31. The van der Waals surface area contributed by atoms with Gasteiger partial charge < -0.3 is 14.9 Å². The smallest absolute Gasteiger partial charge is 0.139 e. The molecule has 1 aromatic heterocycles. The molecule has 3 aliphatic rings. The fraction of sp³-hybridized carbons (Fsp3) is 0.357. The zero-order valence-electron chi connectivity index (χ0n) is 18.7. The number of hydrogen-bond acceptors (Lipinski definition) is 5. The van der Waals surface area contributed by atoms with Crippen LogP contribution in [0.2, 0.25) is 0 Å². The van der Waals surface area contributed by atoms with Gasteiger partial charge in [0.2, 0.25) is 0 Å². The zero-order valence-corrected chi connectivity index (χ0v) is 19.5. The van der Waals surface area contributed by atoms with E-state index < -0.39 is 5.60 Å². The third-order valence-electron chi connectivity index (χ3n) is 7.28. The second-order valence-corrected chi connectivity index (χ2v) is 10.4. The highest BCUT2D eigenvalue weighted by Gasteiger charge is 2.47. The molecule has 0 spiro atoms. The Labute approximate surface area is 198 Å². The topological polar surface area (TPSA) is 52.9 Å². The van der Waals surface area contributed by atoms with Crippen molar-refractivity contribution in [3.05, 3.63) is 76.2 Å². The lowest BCUT2D eigenvalue weighted by Gasteiger charge is -2.30. The lowest BCUT2D eigenvalue weighted by atomic mass is 9.80. The van der Waals surface area contributed by atoms with Crippen molar-refractivity contribution in [2.45, 2.75) is 37.7 Å². The molecule has 1 unspecified atom stereocenters. The third kappa shape index (κ3) is 3.50. The molecule has 2 aromatic carbocycles. The van der Waals surface area contributed by atoms with Gasteiger partial charge in [0.1, 0.15) is 23.7 Å². The first-order chi connectivity index (χ1) is 16.1. The number of ether oxygens (including phenoxy) is 1. The molecule has 2 aliphatic carbocycles. The molecule has 1 atom stereocenters. The molecular weight excluding hydrogens is 430 g/mol. The third-order valence-corrected chi connectivity index (χ3v) is 8.47. The average Bonchev–Trinajstić information content (AvgIpc) is 3.34. The van der Waals surface area contributed by atoms with Crippen molar-refractivity contribution in [3.8, 4) is 11.5 Å². The number of likely N-dealkylation sites (tertiary alicyclic amines) is 1. The SMILES string of the molecule is Oc1ccc2c3c(sc2c1)C1=C(CCC=C1)C3(O)c1ccc(OCCN2CCCCC2)cc1. The van der Waals surface area contributed by atoms with Crippen molar-refractivity contribution in [2.75, 3.05) is 26.2 Å². The number of hydrogen-bond donors (Lipinski definition) is 2. The van der Waals surface area contributed by atoms with Gasteiger partial charge >= 0.3 is 0 Å². The number of aliphatic hydroxyl groups is 1. The van der Waals surface area contributed by atoms with Crippen LogP contribution in [-0.4, -0.2) is 41.4 Å². The first-order valence-corrected chi connectivity index (χ1v) is 12.8.